The predicted octanol–water partition coefficient (Wildman–Crippen LogP) is -0.735. The van der Waals surface area contributed by atoms with Gasteiger partial charge < -0.3 is 28.3 Å². The molecule has 0 N–H and O–H groups in total. The molecule has 7 heteroatoms. The van der Waals surface area contributed by atoms with Crippen LogP contribution < -0.4 is 17.0 Å². The number of hydrogen-bond donors (Lipinski definition) is 0. The van der Waals surface area contributed by atoms with Crippen molar-refractivity contribution in [1.29, 1.82) is 0 Å². The van der Waals surface area contributed by atoms with Crippen LogP contribution in [0.5, 0.6) is 0 Å². The van der Waals surface area contributed by atoms with Crippen LogP contribution in [0.1, 0.15) is 34.1 Å². The van der Waals surface area contributed by atoms with Crippen molar-refractivity contribution < 1.29 is 36.1 Å². The van der Waals surface area contributed by atoms with Crippen LogP contribution in [0, 0.1) is 12.5 Å². The molecule has 0 aliphatic carbocycles. The third-order valence-corrected chi connectivity index (χ3v) is 3.62. The van der Waals surface area contributed by atoms with E-state index in [-0.39, 0.29) is 46.0 Å². The minimum atomic E-state index is -0.944. The van der Waals surface area contributed by atoms with Crippen molar-refractivity contribution in [2.75, 3.05) is 7.11 Å². The van der Waals surface area contributed by atoms with Gasteiger partial charge in [-0.1, -0.05) is 25.1 Å². The Kier molecular flexibility index (Phi) is 12.4. The Morgan fingerprint density at radius 1 is 1.24 bits per heavy atom. The Morgan fingerprint density at radius 2 is 1.68 bits per heavy atom. The number of ether oxygens (including phenoxy) is 1. The maximum atomic E-state index is 12.4. The second-order valence-electron chi connectivity index (χ2n) is 5.00. The second kappa shape index (κ2) is 12.0. The minimum absolute atomic E-state index is 0. The fourth-order valence-corrected chi connectivity index (χ4v) is 2.57. The molecule has 0 saturated heterocycles. The molecule has 0 saturated carbocycles. The third-order valence-electron chi connectivity index (χ3n) is 3.62. The Balaban J connectivity index is 0. The maximum Gasteiger partial charge on any atom is 2.00 e. The molecular formula is C18H20BrMgNO4. The number of nitrogens with zero attached hydrogens (tertiary/aromatic N) is 1. The first kappa shape index (κ1) is 25.8. The van der Waals surface area contributed by atoms with Gasteiger partial charge in [0, 0.05) is 0 Å². The number of carbonyl (C=O) groups excluding carboxylic acids is 3. The second-order valence-corrected chi connectivity index (χ2v) is 5.00. The quantitative estimate of drug-likeness (QED) is 0.208. The number of allylic oxidation sites excluding steroid dienone is 1. The summed E-state index contributed by atoms with van der Waals surface area (Å²) in [6.07, 6.45) is 2.14. The minimum Gasteiger partial charge on any atom is -1.00 e. The van der Waals surface area contributed by atoms with E-state index in [1.54, 1.807) is 37.3 Å². The van der Waals surface area contributed by atoms with Gasteiger partial charge in [0.05, 0.1) is 18.2 Å². The van der Waals surface area contributed by atoms with E-state index in [1.165, 1.54) is 7.11 Å². The normalized spacial score (nSPS) is 13.9. The molecule has 1 aliphatic rings. The molecule has 0 aromatic heterocycles. The molecule has 0 fully saturated rings. The molecule has 0 bridgehead atoms. The number of amides is 2. The fraction of sp³-hybridized carbons (Fsp3) is 0.278. The fourth-order valence-electron chi connectivity index (χ4n) is 2.57. The van der Waals surface area contributed by atoms with Crippen molar-refractivity contribution in [1.82, 2.24) is 4.90 Å². The van der Waals surface area contributed by atoms with Crippen molar-refractivity contribution >= 4 is 40.8 Å². The summed E-state index contributed by atoms with van der Waals surface area (Å²) in [6, 6.07) is 5.60. The average Bonchev–Trinajstić information content (AvgIpc) is 2.82. The van der Waals surface area contributed by atoms with E-state index in [4.69, 9.17) is 4.74 Å². The number of imide groups is 1. The molecule has 2 rings (SSSR count). The van der Waals surface area contributed by atoms with Crippen LogP contribution in [0.25, 0.3) is 0 Å². The number of benzene rings is 1. The molecule has 0 spiro atoms. The van der Waals surface area contributed by atoms with Gasteiger partial charge in [0.15, 0.2) is 0 Å². The van der Waals surface area contributed by atoms with E-state index < -0.39 is 23.8 Å². The van der Waals surface area contributed by atoms with Crippen LogP contribution in [-0.4, -0.2) is 58.9 Å². The zero-order valence-corrected chi connectivity index (χ0v) is 17.4. The number of esters is 1. The van der Waals surface area contributed by atoms with Gasteiger partial charge in [-0.05, 0) is 24.5 Å². The Bertz CT molecular complexity index is 600. The van der Waals surface area contributed by atoms with E-state index >= 15 is 0 Å². The van der Waals surface area contributed by atoms with Crippen molar-refractivity contribution in [3.8, 4) is 0 Å². The molecular weight excluding hydrogens is 398 g/mol. The van der Waals surface area contributed by atoms with E-state index in [0.29, 0.717) is 17.5 Å². The summed E-state index contributed by atoms with van der Waals surface area (Å²) in [5.41, 5.74) is 0.643. The molecule has 2 atom stereocenters. The van der Waals surface area contributed by atoms with Gasteiger partial charge >= 0.3 is 29.0 Å². The molecule has 130 valence electrons. The first-order valence-corrected chi connectivity index (χ1v) is 7.09. The molecule has 1 aromatic rings. The molecule has 5 nitrogen and oxygen atoms in total. The van der Waals surface area contributed by atoms with Gasteiger partial charge in [-0.15, -0.1) is 6.58 Å². The Labute approximate surface area is 175 Å². The van der Waals surface area contributed by atoms with Gasteiger partial charge in [0.2, 0.25) is 0 Å². The molecule has 1 aliphatic heterocycles. The number of fused-ring (bicyclic) bond motifs is 1. The zero-order valence-electron chi connectivity index (χ0n) is 14.4. The number of methoxy groups -OCH3 is 1. The van der Waals surface area contributed by atoms with Gasteiger partial charge in [0.25, 0.3) is 11.8 Å². The van der Waals surface area contributed by atoms with Crippen LogP contribution >= 0.6 is 0 Å². The van der Waals surface area contributed by atoms with E-state index in [1.807, 2.05) is 0 Å². The Hall–Kier alpha value is -1.44. The number of halogens is 1. The molecule has 25 heavy (non-hydrogen) atoms. The van der Waals surface area contributed by atoms with Crippen molar-refractivity contribution in [3.05, 3.63) is 61.2 Å². The summed E-state index contributed by atoms with van der Waals surface area (Å²) >= 11 is 0. The van der Waals surface area contributed by atoms with Crippen LogP contribution in [0.2, 0.25) is 0 Å². The molecule has 1 heterocycles. The summed E-state index contributed by atoms with van der Waals surface area (Å²) in [5.74, 6) is -1.78. The summed E-state index contributed by atoms with van der Waals surface area (Å²) in [5, 5.41) is 0. The van der Waals surface area contributed by atoms with Crippen LogP contribution in [0.15, 0.2) is 43.5 Å². The molecule has 0 radical (unpaired) electrons. The first-order valence-electron chi connectivity index (χ1n) is 7.09. The summed E-state index contributed by atoms with van der Waals surface area (Å²) in [4.78, 5) is 38.0. The maximum absolute atomic E-state index is 12.4. The van der Waals surface area contributed by atoms with Crippen molar-refractivity contribution in [3.63, 3.8) is 0 Å². The third kappa shape index (κ3) is 5.26. The van der Waals surface area contributed by atoms with Crippen LogP contribution in [0.3, 0.4) is 0 Å². The zero-order chi connectivity index (χ0) is 17.6. The van der Waals surface area contributed by atoms with Crippen molar-refractivity contribution in [2.45, 2.75) is 19.4 Å². The van der Waals surface area contributed by atoms with Crippen LogP contribution in [0.4, 0.5) is 0 Å². The predicted molar refractivity (Wildman–Crippen MR) is 92.4 cm³/mol. The number of rotatable bonds is 5. The average molecular weight is 419 g/mol. The summed E-state index contributed by atoms with van der Waals surface area (Å²) < 4.78 is 4.77. The van der Waals surface area contributed by atoms with E-state index in [2.05, 4.69) is 19.7 Å². The molecule has 2 amide bonds. The number of carbonyl (C=O) groups is 3. The van der Waals surface area contributed by atoms with Gasteiger partial charge in [-0.3, -0.25) is 21.1 Å². The van der Waals surface area contributed by atoms with Gasteiger partial charge in [0.1, 0.15) is 6.04 Å². The smallest absolute Gasteiger partial charge is 1.00 e. The summed E-state index contributed by atoms with van der Waals surface area (Å²) in [7, 11) is 1.24. The van der Waals surface area contributed by atoms with Crippen LogP contribution in [-0.2, 0) is 9.53 Å². The van der Waals surface area contributed by atoms with Crippen molar-refractivity contribution in [2.24, 2.45) is 5.92 Å². The molecule has 0 unspecified atom stereocenters. The number of hydrogen-bond acceptors (Lipinski definition) is 4. The summed E-state index contributed by atoms with van der Waals surface area (Å²) in [6.45, 7) is 12.4. The first-order chi connectivity index (χ1) is 11.0. The topological polar surface area (TPSA) is 63.7 Å². The largest absolute Gasteiger partial charge is 2.00 e. The Morgan fingerprint density at radius 3 is 2.04 bits per heavy atom. The van der Waals surface area contributed by atoms with E-state index in [0.717, 1.165) is 4.90 Å². The van der Waals surface area contributed by atoms with Gasteiger partial charge in [-0.2, -0.15) is 0 Å². The van der Waals surface area contributed by atoms with Gasteiger partial charge in [-0.25, -0.2) is 4.79 Å². The standard InChI is InChI=1S/C16H17NO4.C2H3.BrH.Mg/c1-4-7-10(2)13(16(20)21-3)17-14(18)11-8-5-6-9-12(11)15(17)19;1-2;;/h4-6,8-10,13H,1,7H2,2-3H3;1H,2H2;1H;/q;-1;;+2/p-1/t10-,13-;;;/m0.../s1. The molecule has 1 aromatic carbocycles. The SMILES string of the molecule is C=CC[C@H](C)[C@@H](C(=O)OC)N1C(=O)c2ccccc2C1=O.[Br-].[CH-]=C.[Mg+2]. The monoisotopic (exact) mass is 417 g/mol. The van der Waals surface area contributed by atoms with E-state index in [9.17, 15) is 14.4 Å².